The van der Waals surface area contributed by atoms with Crippen molar-refractivity contribution in [2.75, 3.05) is 0 Å². The third kappa shape index (κ3) is 2.17. The Morgan fingerprint density at radius 2 is 1.54 bits per heavy atom. The van der Waals surface area contributed by atoms with Crippen LogP contribution in [0.5, 0.6) is 0 Å². The van der Waals surface area contributed by atoms with E-state index in [0.29, 0.717) is 12.8 Å². The highest BCUT2D eigenvalue weighted by Crippen LogP contribution is 2.36. The second-order valence-corrected chi connectivity index (χ2v) is 5.17. The molecule has 1 aliphatic rings. The summed E-state index contributed by atoms with van der Waals surface area (Å²) in [5.41, 5.74) is -0.112. The summed E-state index contributed by atoms with van der Waals surface area (Å²) in [4.78, 5) is 23.3. The fourth-order valence-corrected chi connectivity index (χ4v) is 2.15. The fraction of sp³-hybridized carbons (Fsp3) is 0.818. The molecule has 0 heterocycles. The minimum absolute atomic E-state index is 0.112. The first-order chi connectivity index (χ1) is 5.83. The Balaban J connectivity index is 2.83. The van der Waals surface area contributed by atoms with Gasteiger partial charge in [-0.05, 0) is 11.3 Å². The van der Waals surface area contributed by atoms with Gasteiger partial charge >= 0.3 is 0 Å². The molecule has 0 aromatic rings. The summed E-state index contributed by atoms with van der Waals surface area (Å²) < 4.78 is 0. The monoisotopic (exact) mass is 182 g/mol. The molecule has 1 aliphatic carbocycles. The molecule has 0 aromatic carbocycles. The van der Waals surface area contributed by atoms with E-state index < -0.39 is 0 Å². The van der Waals surface area contributed by atoms with Crippen LogP contribution in [-0.2, 0) is 9.59 Å². The second kappa shape index (κ2) is 3.24. The van der Waals surface area contributed by atoms with Crippen LogP contribution in [0.4, 0.5) is 0 Å². The number of Topliss-reactive ketones (excluding diaryl/α,β-unsaturated/α-hetero) is 2. The molecule has 0 amide bonds. The SMILES string of the molecule is CC(C)C1C(=O)CC(C)(C)CC1=O. The molecular formula is C11H18O2. The van der Waals surface area contributed by atoms with Gasteiger partial charge in [0.15, 0.2) is 0 Å². The maximum Gasteiger partial charge on any atom is 0.144 e. The highest BCUT2D eigenvalue weighted by molar-refractivity contribution is 6.05. The van der Waals surface area contributed by atoms with E-state index in [9.17, 15) is 9.59 Å². The zero-order chi connectivity index (χ0) is 10.2. The molecular weight excluding hydrogens is 164 g/mol. The standard InChI is InChI=1S/C11H18O2/c1-7(2)10-8(12)5-11(3,4)6-9(10)13/h7,10H,5-6H2,1-4H3. The topological polar surface area (TPSA) is 34.1 Å². The Morgan fingerprint density at radius 1 is 1.15 bits per heavy atom. The van der Waals surface area contributed by atoms with Crippen LogP contribution < -0.4 is 0 Å². The maximum atomic E-state index is 11.6. The highest BCUT2D eigenvalue weighted by atomic mass is 16.2. The lowest BCUT2D eigenvalue weighted by Crippen LogP contribution is -2.40. The normalized spacial score (nSPS) is 24.1. The van der Waals surface area contributed by atoms with E-state index in [1.807, 2.05) is 27.7 Å². The van der Waals surface area contributed by atoms with E-state index in [4.69, 9.17) is 0 Å². The predicted molar refractivity (Wildman–Crippen MR) is 51.4 cm³/mol. The number of hydrogen-bond acceptors (Lipinski definition) is 2. The molecule has 1 saturated carbocycles. The number of carbonyl (C=O) groups excluding carboxylic acids is 2. The van der Waals surface area contributed by atoms with Gasteiger partial charge in [-0.1, -0.05) is 27.7 Å². The van der Waals surface area contributed by atoms with Crippen molar-refractivity contribution >= 4 is 11.6 Å². The molecule has 0 bridgehead atoms. The molecule has 0 unspecified atom stereocenters. The van der Waals surface area contributed by atoms with Crippen LogP contribution in [0.25, 0.3) is 0 Å². The molecule has 2 nitrogen and oxygen atoms in total. The van der Waals surface area contributed by atoms with Crippen LogP contribution in [0.15, 0.2) is 0 Å². The molecule has 0 N–H and O–H groups in total. The smallest absolute Gasteiger partial charge is 0.144 e. The van der Waals surface area contributed by atoms with Gasteiger partial charge in [0.05, 0.1) is 5.92 Å². The Hall–Kier alpha value is -0.660. The van der Waals surface area contributed by atoms with E-state index in [1.165, 1.54) is 0 Å². The first-order valence-corrected chi connectivity index (χ1v) is 4.89. The first kappa shape index (κ1) is 10.4. The third-order valence-electron chi connectivity index (χ3n) is 2.67. The number of rotatable bonds is 1. The molecule has 0 atom stereocenters. The second-order valence-electron chi connectivity index (χ2n) is 5.17. The molecule has 0 radical (unpaired) electrons. The summed E-state index contributed by atoms with van der Waals surface area (Å²) in [5, 5.41) is 0. The van der Waals surface area contributed by atoms with Crippen LogP contribution in [0.1, 0.15) is 40.5 Å². The van der Waals surface area contributed by atoms with Gasteiger partial charge in [0.1, 0.15) is 11.6 Å². The molecule has 0 saturated heterocycles. The summed E-state index contributed by atoms with van der Waals surface area (Å²) in [5.74, 6) is 0.108. The van der Waals surface area contributed by atoms with Crippen molar-refractivity contribution in [2.24, 2.45) is 17.3 Å². The minimum atomic E-state index is -0.326. The van der Waals surface area contributed by atoms with Crippen molar-refractivity contribution in [3.63, 3.8) is 0 Å². The van der Waals surface area contributed by atoms with Crippen molar-refractivity contribution in [3.8, 4) is 0 Å². The van der Waals surface area contributed by atoms with E-state index in [-0.39, 0.29) is 28.8 Å². The number of carbonyl (C=O) groups is 2. The Morgan fingerprint density at radius 3 is 1.85 bits per heavy atom. The fourth-order valence-electron chi connectivity index (χ4n) is 2.15. The summed E-state index contributed by atoms with van der Waals surface area (Å²) in [6.07, 6.45) is 1.11. The lowest BCUT2D eigenvalue weighted by atomic mass is 9.68. The molecule has 74 valence electrons. The third-order valence-corrected chi connectivity index (χ3v) is 2.67. The lowest BCUT2D eigenvalue weighted by Gasteiger charge is -2.33. The summed E-state index contributed by atoms with van der Waals surface area (Å²) in [7, 11) is 0. The van der Waals surface area contributed by atoms with Crippen molar-refractivity contribution in [3.05, 3.63) is 0 Å². The van der Waals surface area contributed by atoms with Crippen molar-refractivity contribution in [2.45, 2.75) is 40.5 Å². The average Bonchev–Trinajstić information content (AvgIpc) is 1.78. The molecule has 1 rings (SSSR count). The summed E-state index contributed by atoms with van der Waals surface area (Å²) in [6.45, 7) is 7.86. The summed E-state index contributed by atoms with van der Waals surface area (Å²) in [6, 6.07) is 0. The number of ketones is 2. The van der Waals surface area contributed by atoms with Crippen molar-refractivity contribution in [1.82, 2.24) is 0 Å². The molecule has 0 aliphatic heterocycles. The molecule has 0 aromatic heterocycles. The van der Waals surface area contributed by atoms with Gasteiger partial charge in [-0.25, -0.2) is 0 Å². The highest BCUT2D eigenvalue weighted by Gasteiger charge is 2.40. The van der Waals surface area contributed by atoms with Gasteiger partial charge in [-0.3, -0.25) is 9.59 Å². The lowest BCUT2D eigenvalue weighted by molar-refractivity contribution is -0.141. The molecule has 2 heteroatoms. The number of hydrogen-bond donors (Lipinski definition) is 0. The maximum absolute atomic E-state index is 11.6. The Labute approximate surface area is 79.7 Å². The average molecular weight is 182 g/mol. The van der Waals surface area contributed by atoms with Crippen LogP contribution in [0.2, 0.25) is 0 Å². The molecule has 13 heavy (non-hydrogen) atoms. The molecule has 1 fully saturated rings. The van der Waals surface area contributed by atoms with E-state index in [1.54, 1.807) is 0 Å². The first-order valence-electron chi connectivity index (χ1n) is 4.89. The Kier molecular flexibility index (Phi) is 2.60. The van der Waals surface area contributed by atoms with E-state index >= 15 is 0 Å². The van der Waals surface area contributed by atoms with Crippen molar-refractivity contribution < 1.29 is 9.59 Å². The van der Waals surface area contributed by atoms with Gasteiger partial charge in [-0.2, -0.15) is 0 Å². The van der Waals surface area contributed by atoms with Crippen LogP contribution >= 0.6 is 0 Å². The van der Waals surface area contributed by atoms with Crippen LogP contribution in [-0.4, -0.2) is 11.6 Å². The van der Waals surface area contributed by atoms with Gasteiger partial charge in [0, 0.05) is 12.8 Å². The van der Waals surface area contributed by atoms with Crippen molar-refractivity contribution in [1.29, 1.82) is 0 Å². The van der Waals surface area contributed by atoms with Gasteiger partial charge in [0.2, 0.25) is 0 Å². The van der Waals surface area contributed by atoms with Gasteiger partial charge in [0.25, 0.3) is 0 Å². The quantitative estimate of drug-likeness (QED) is 0.583. The van der Waals surface area contributed by atoms with Crippen LogP contribution in [0.3, 0.4) is 0 Å². The minimum Gasteiger partial charge on any atom is -0.299 e. The van der Waals surface area contributed by atoms with Gasteiger partial charge < -0.3 is 0 Å². The zero-order valence-electron chi connectivity index (χ0n) is 8.89. The largest absolute Gasteiger partial charge is 0.299 e. The zero-order valence-corrected chi connectivity index (χ0v) is 8.89. The van der Waals surface area contributed by atoms with Gasteiger partial charge in [-0.15, -0.1) is 0 Å². The summed E-state index contributed by atoms with van der Waals surface area (Å²) >= 11 is 0. The van der Waals surface area contributed by atoms with E-state index in [0.717, 1.165) is 0 Å². The molecule has 0 spiro atoms. The predicted octanol–water partition coefficient (Wildman–Crippen LogP) is 2.22. The van der Waals surface area contributed by atoms with E-state index in [2.05, 4.69) is 0 Å². The van der Waals surface area contributed by atoms with Crippen LogP contribution in [0, 0.1) is 17.3 Å². The Bertz CT molecular complexity index is 218.